The Morgan fingerprint density at radius 3 is 2.40 bits per heavy atom. The van der Waals surface area contributed by atoms with Crippen LogP contribution in [-0.4, -0.2) is 20.8 Å². The van der Waals surface area contributed by atoms with Crippen LogP contribution in [0.3, 0.4) is 0 Å². The van der Waals surface area contributed by atoms with Crippen LogP contribution in [0.15, 0.2) is 30.3 Å². The maximum atomic E-state index is 7.23. The van der Waals surface area contributed by atoms with Crippen LogP contribution >= 0.6 is 0 Å². The maximum Gasteiger partial charge on any atom is 0.177 e. The molecule has 5 N–H and O–H groups in total. The molecule has 0 bridgehead atoms. The summed E-state index contributed by atoms with van der Waals surface area (Å²) in [6, 6.07) is 9.29. The number of nitrogens with zero attached hydrogens (tertiary/aromatic N) is 3. The average Bonchev–Trinajstić information content (AvgIpc) is 2.62. The van der Waals surface area contributed by atoms with Gasteiger partial charge in [-0.2, -0.15) is 0 Å². The molecule has 0 aliphatic carbocycles. The van der Waals surface area contributed by atoms with Crippen LogP contribution in [0, 0.1) is 5.41 Å². The van der Waals surface area contributed by atoms with Crippen LogP contribution in [0.5, 0.6) is 0 Å². The summed E-state index contributed by atoms with van der Waals surface area (Å²) in [6.45, 7) is 0. The van der Waals surface area contributed by atoms with E-state index in [1.54, 1.807) is 0 Å². The van der Waals surface area contributed by atoms with Gasteiger partial charge in [-0.05, 0) is 12.1 Å². The van der Waals surface area contributed by atoms with Crippen LogP contribution in [0.2, 0.25) is 0 Å². The molecule has 0 amide bonds. The first-order chi connectivity index (χ1) is 7.18. The van der Waals surface area contributed by atoms with Gasteiger partial charge < -0.3 is 11.5 Å². The predicted octanol–water partition coefficient (Wildman–Crippen LogP) is 0.134. The number of aromatic nitrogens is 3. The fraction of sp³-hybridized carbons (Fsp3) is 0. The van der Waals surface area contributed by atoms with Gasteiger partial charge >= 0.3 is 0 Å². The van der Waals surface area contributed by atoms with Gasteiger partial charge in [0.15, 0.2) is 11.5 Å². The normalized spacial score (nSPS) is 10.1. The van der Waals surface area contributed by atoms with Crippen molar-refractivity contribution in [3.63, 3.8) is 0 Å². The van der Waals surface area contributed by atoms with E-state index in [9.17, 15) is 0 Å². The number of hydrogen-bond acceptors (Lipinski definition) is 4. The summed E-state index contributed by atoms with van der Waals surface area (Å²) in [6.07, 6.45) is 0. The highest BCUT2D eigenvalue weighted by Gasteiger charge is 2.10. The summed E-state index contributed by atoms with van der Waals surface area (Å²) >= 11 is 0. The van der Waals surface area contributed by atoms with Crippen molar-refractivity contribution >= 4 is 11.7 Å². The highest BCUT2D eigenvalue weighted by Crippen LogP contribution is 2.08. The molecule has 6 nitrogen and oxygen atoms in total. The second kappa shape index (κ2) is 3.41. The summed E-state index contributed by atoms with van der Waals surface area (Å²) in [7, 11) is 0. The van der Waals surface area contributed by atoms with Crippen molar-refractivity contribution in [2.45, 2.75) is 0 Å². The molecule has 0 unspecified atom stereocenters. The molecule has 0 fully saturated rings. The van der Waals surface area contributed by atoms with Crippen LogP contribution in [-0.2, 0) is 0 Å². The van der Waals surface area contributed by atoms with Gasteiger partial charge in [0.05, 0.1) is 5.69 Å². The molecule has 1 heterocycles. The minimum absolute atomic E-state index is 0.159. The average molecular weight is 202 g/mol. The summed E-state index contributed by atoms with van der Waals surface area (Å²) < 4.78 is 0. The van der Waals surface area contributed by atoms with Crippen LogP contribution in [0.1, 0.15) is 5.69 Å². The Hall–Kier alpha value is -2.37. The number of hydrogen-bond donors (Lipinski definition) is 3. The van der Waals surface area contributed by atoms with E-state index < -0.39 is 0 Å². The van der Waals surface area contributed by atoms with E-state index in [1.807, 2.05) is 30.3 Å². The first-order valence-corrected chi connectivity index (χ1v) is 4.31. The number of nitrogens with two attached hydrogens (primary N) is 2. The van der Waals surface area contributed by atoms with Crippen molar-refractivity contribution in [1.29, 1.82) is 5.41 Å². The first-order valence-electron chi connectivity index (χ1n) is 4.31. The molecule has 2 rings (SSSR count). The van der Waals surface area contributed by atoms with E-state index in [4.69, 9.17) is 16.9 Å². The van der Waals surface area contributed by atoms with Crippen LogP contribution in [0.25, 0.3) is 5.69 Å². The zero-order chi connectivity index (χ0) is 10.8. The van der Waals surface area contributed by atoms with Gasteiger partial charge in [-0.25, -0.2) is 0 Å². The number of amidine groups is 1. The molecule has 0 aliphatic rings. The SMILES string of the molecule is N=C(N)c1nn(-c2ccccc2)nc1N. The Morgan fingerprint density at radius 2 is 1.87 bits per heavy atom. The Balaban J connectivity index is 2.48. The topological polar surface area (TPSA) is 107 Å². The molecular weight excluding hydrogens is 192 g/mol. The molecule has 6 heteroatoms. The molecule has 0 atom stereocenters. The molecule has 0 saturated carbocycles. The van der Waals surface area contributed by atoms with Gasteiger partial charge in [-0.15, -0.1) is 15.0 Å². The molecular formula is C9H10N6. The van der Waals surface area contributed by atoms with E-state index in [0.29, 0.717) is 0 Å². The minimum Gasteiger partial charge on any atom is -0.382 e. The van der Waals surface area contributed by atoms with Crippen LogP contribution in [0.4, 0.5) is 5.82 Å². The van der Waals surface area contributed by atoms with Crippen molar-refractivity contribution < 1.29 is 0 Å². The van der Waals surface area contributed by atoms with Gasteiger partial charge in [0.25, 0.3) is 0 Å². The Morgan fingerprint density at radius 1 is 1.20 bits per heavy atom. The third kappa shape index (κ3) is 1.64. The minimum atomic E-state index is -0.185. The lowest BCUT2D eigenvalue weighted by Gasteiger charge is -1.96. The third-order valence-corrected chi connectivity index (χ3v) is 1.88. The van der Waals surface area contributed by atoms with E-state index in [0.717, 1.165) is 5.69 Å². The molecule has 0 spiro atoms. The lowest BCUT2D eigenvalue weighted by molar-refractivity contribution is 0.752. The molecule has 0 aliphatic heterocycles. The predicted molar refractivity (Wildman–Crippen MR) is 56.8 cm³/mol. The van der Waals surface area contributed by atoms with Gasteiger partial charge in [-0.3, -0.25) is 5.41 Å². The van der Waals surface area contributed by atoms with Crippen molar-refractivity contribution in [3.8, 4) is 5.69 Å². The van der Waals surface area contributed by atoms with Gasteiger partial charge in [0.2, 0.25) is 0 Å². The van der Waals surface area contributed by atoms with Gasteiger partial charge in [0, 0.05) is 0 Å². The number of nitrogens with one attached hydrogen (secondary N) is 1. The molecule has 76 valence electrons. The zero-order valence-electron chi connectivity index (χ0n) is 7.88. The van der Waals surface area contributed by atoms with E-state index in [1.165, 1.54) is 4.80 Å². The Kier molecular flexibility index (Phi) is 2.09. The summed E-state index contributed by atoms with van der Waals surface area (Å²) in [5.74, 6) is -0.0268. The second-order valence-corrected chi connectivity index (χ2v) is 2.97. The van der Waals surface area contributed by atoms with E-state index in [-0.39, 0.29) is 17.3 Å². The van der Waals surface area contributed by atoms with Crippen molar-refractivity contribution in [1.82, 2.24) is 15.0 Å². The first kappa shape index (κ1) is 9.20. The lowest BCUT2D eigenvalue weighted by Crippen LogP contribution is -2.14. The fourth-order valence-corrected chi connectivity index (χ4v) is 1.19. The van der Waals surface area contributed by atoms with Crippen molar-refractivity contribution in [2.75, 3.05) is 5.73 Å². The molecule has 0 saturated heterocycles. The van der Waals surface area contributed by atoms with Crippen molar-refractivity contribution in [2.24, 2.45) is 5.73 Å². The van der Waals surface area contributed by atoms with E-state index in [2.05, 4.69) is 10.2 Å². The van der Waals surface area contributed by atoms with Gasteiger partial charge in [0.1, 0.15) is 5.84 Å². The molecule has 2 aromatic rings. The number of nitrogen functional groups attached to an aromatic ring is 2. The molecule has 1 aromatic heterocycles. The van der Waals surface area contributed by atoms with E-state index >= 15 is 0 Å². The third-order valence-electron chi connectivity index (χ3n) is 1.88. The quantitative estimate of drug-likeness (QED) is 0.475. The summed E-state index contributed by atoms with van der Waals surface area (Å²) in [5.41, 5.74) is 11.8. The summed E-state index contributed by atoms with van der Waals surface area (Å²) in [5, 5.41) is 15.2. The lowest BCUT2D eigenvalue weighted by atomic mass is 10.3. The monoisotopic (exact) mass is 202 g/mol. The number of benzene rings is 1. The zero-order valence-corrected chi connectivity index (χ0v) is 7.88. The Labute approximate surface area is 86.0 Å². The smallest absolute Gasteiger partial charge is 0.177 e. The maximum absolute atomic E-state index is 7.23. The van der Waals surface area contributed by atoms with Gasteiger partial charge in [-0.1, -0.05) is 18.2 Å². The second-order valence-electron chi connectivity index (χ2n) is 2.97. The number of anilines is 1. The van der Waals surface area contributed by atoms with Crippen LogP contribution < -0.4 is 11.5 Å². The van der Waals surface area contributed by atoms with Crippen molar-refractivity contribution in [3.05, 3.63) is 36.0 Å². The number of para-hydroxylation sites is 1. The fourth-order valence-electron chi connectivity index (χ4n) is 1.19. The number of rotatable bonds is 2. The molecule has 15 heavy (non-hydrogen) atoms. The molecule has 1 aromatic carbocycles. The molecule has 0 radical (unpaired) electrons. The Bertz CT molecular complexity index is 487. The highest BCUT2D eigenvalue weighted by atomic mass is 15.5. The summed E-state index contributed by atoms with van der Waals surface area (Å²) in [4.78, 5) is 1.35. The standard InChI is InChI=1S/C9H10N6/c10-8(11)7-9(12)14-15(13-7)6-4-2-1-3-5-6/h1-5H,(H3,10,11)(H2,12,14). The largest absolute Gasteiger partial charge is 0.382 e. The highest BCUT2D eigenvalue weighted by molar-refractivity contribution is 5.96.